The first-order valence-electron chi connectivity index (χ1n) is 15.9. The van der Waals surface area contributed by atoms with Crippen LogP contribution in [0.15, 0.2) is 46.9 Å². The average molecular weight is 582 g/mol. The van der Waals surface area contributed by atoms with Crippen molar-refractivity contribution in [3.63, 3.8) is 0 Å². The van der Waals surface area contributed by atoms with Gasteiger partial charge in [0.2, 0.25) is 0 Å². The zero-order chi connectivity index (χ0) is 28.1. The second-order valence-electron chi connectivity index (χ2n) is 11.8. The highest BCUT2D eigenvalue weighted by molar-refractivity contribution is 5.52. The number of rotatable bonds is 6. The summed E-state index contributed by atoms with van der Waals surface area (Å²) in [6.45, 7) is 14.2. The van der Waals surface area contributed by atoms with Crippen LogP contribution in [0.3, 0.4) is 0 Å². The second kappa shape index (κ2) is 13.7. The third-order valence-electron chi connectivity index (χ3n) is 9.20. The van der Waals surface area contributed by atoms with E-state index in [1.54, 1.807) is 0 Å². The summed E-state index contributed by atoms with van der Waals surface area (Å²) in [5.74, 6) is 0. The van der Waals surface area contributed by atoms with Crippen LogP contribution in [0.1, 0.15) is 11.7 Å². The molecule has 12 nitrogen and oxygen atoms in total. The molecule has 42 heavy (non-hydrogen) atoms. The van der Waals surface area contributed by atoms with Crippen molar-refractivity contribution in [2.24, 2.45) is 0 Å². The molecule has 230 valence electrons. The van der Waals surface area contributed by atoms with Crippen molar-refractivity contribution < 1.29 is 14.2 Å². The minimum absolute atomic E-state index is 0.0556. The third kappa shape index (κ3) is 5.84. The van der Waals surface area contributed by atoms with Crippen LogP contribution in [0.5, 0.6) is 0 Å². The fraction of sp³-hybridized carbons (Fsp3) is 0.700. The highest BCUT2D eigenvalue weighted by Gasteiger charge is 2.48. The first kappa shape index (κ1) is 28.6. The quantitative estimate of drug-likeness (QED) is 0.274. The van der Waals surface area contributed by atoms with Crippen LogP contribution in [0, 0.1) is 0 Å². The smallest absolute Gasteiger partial charge is 0.127 e. The zero-order valence-corrected chi connectivity index (χ0v) is 24.7. The van der Waals surface area contributed by atoms with Crippen molar-refractivity contribution >= 4 is 0 Å². The monoisotopic (exact) mass is 581 g/mol. The Labute approximate surface area is 249 Å². The molecule has 1 aromatic heterocycles. The van der Waals surface area contributed by atoms with Gasteiger partial charge in [-0.15, -0.1) is 0 Å². The molecule has 0 amide bonds. The maximum absolute atomic E-state index is 6.68. The molecule has 0 aliphatic carbocycles. The third-order valence-corrected chi connectivity index (χ3v) is 9.20. The van der Waals surface area contributed by atoms with Crippen molar-refractivity contribution in [1.82, 2.24) is 46.5 Å². The van der Waals surface area contributed by atoms with E-state index in [-0.39, 0.29) is 24.2 Å². The highest BCUT2D eigenvalue weighted by Crippen LogP contribution is 2.47. The van der Waals surface area contributed by atoms with Crippen LogP contribution in [-0.2, 0) is 14.2 Å². The molecular formula is C30H47N9O3. The number of ether oxygens (including phenoxy) is 3. The van der Waals surface area contributed by atoms with Gasteiger partial charge < -0.3 is 45.7 Å². The summed E-state index contributed by atoms with van der Waals surface area (Å²) in [5, 5.41) is 23.9. The molecule has 12 heteroatoms. The number of nitrogens with one attached hydrogen (secondary N) is 5. The summed E-state index contributed by atoms with van der Waals surface area (Å²) < 4.78 is 18.8. The standard InChI is InChI=1S/C30H47N9O3/c1-2-4-34-22(3-1)29-30(37-13-17-40-18-14-37)26(24-21-41-15-10-36-24)27(25-20-33-9-16-42-25)28(23-19-32-5-6-35-23)39(29)38-11-7-31-8-12-38/h1-4,23-25,29,31-33,35-36H,5-21H2. The van der Waals surface area contributed by atoms with E-state index in [0.717, 1.165) is 104 Å². The van der Waals surface area contributed by atoms with E-state index in [9.17, 15) is 0 Å². The Morgan fingerprint density at radius 1 is 0.714 bits per heavy atom. The van der Waals surface area contributed by atoms with Crippen LogP contribution >= 0.6 is 0 Å². The van der Waals surface area contributed by atoms with Gasteiger partial charge in [-0.3, -0.25) is 9.99 Å². The number of morpholine rings is 3. The lowest BCUT2D eigenvalue weighted by atomic mass is 9.81. The molecule has 4 unspecified atom stereocenters. The Kier molecular flexibility index (Phi) is 9.31. The molecule has 5 saturated heterocycles. The SMILES string of the molecule is c1ccc(C2C(N3CCOCC3)=C(C3COCCN3)C(C3CNCCO3)=C(C3CNCCN3)N2N2CCNCC2)nc1. The largest absolute Gasteiger partial charge is 0.378 e. The van der Waals surface area contributed by atoms with Gasteiger partial charge in [0.15, 0.2) is 0 Å². The van der Waals surface area contributed by atoms with Crippen molar-refractivity contribution in [2.75, 3.05) is 112 Å². The molecule has 6 aliphatic rings. The topological polar surface area (TPSA) is 110 Å². The van der Waals surface area contributed by atoms with Gasteiger partial charge in [-0.25, -0.2) is 5.01 Å². The van der Waals surface area contributed by atoms with Gasteiger partial charge in [-0.05, 0) is 12.1 Å². The fourth-order valence-corrected chi connectivity index (χ4v) is 7.34. The fourth-order valence-electron chi connectivity index (χ4n) is 7.34. The Bertz CT molecular complexity index is 1090. The number of piperazine rings is 2. The first-order chi connectivity index (χ1) is 20.9. The Morgan fingerprint density at radius 2 is 1.57 bits per heavy atom. The molecule has 1 aromatic rings. The van der Waals surface area contributed by atoms with Crippen LogP contribution in [0.2, 0.25) is 0 Å². The number of hydrogen-bond donors (Lipinski definition) is 5. The lowest BCUT2D eigenvalue weighted by molar-refractivity contribution is -0.0570. The molecule has 0 radical (unpaired) electrons. The normalized spacial score (nSPS) is 32.4. The summed E-state index contributed by atoms with van der Waals surface area (Å²) >= 11 is 0. The number of aromatic nitrogens is 1. The molecule has 0 saturated carbocycles. The second-order valence-corrected chi connectivity index (χ2v) is 11.8. The van der Waals surface area contributed by atoms with Gasteiger partial charge in [0.05, 0.1) is 62.6 Å². The predicted molar refractivity (Wildman–Crippen MR) is 160 cm³/mol. The zero-order valence-electron chi connectivity index (χ0n) is 24.7. The molecule has 7 rings (SSSR count). The molecule has 0 aromatic carbocycles. The van der Waals surface area contributed by atoms with Gasteiger partial charge in [0.25, 0.3) is 0 Å². The average Bonchev–Trinajstić information content (AvgIpc) is 3.09. The lowest BCUT2D eigenvalue weighted by Gasteiger charge is -2.54. The maximum atomic E-state index is 6.68. The molecule has 6 aliphatic heterocycles. The van der Waals surface area contributed by atoms with Crippen LogP contribution in [0.4, 0.5) is 0 Å². The van der Waals surface area contributed by atoms with Crippen LogP contribution in [-0.4, -0.2) is 150 Å². The van der Waals surface area contributed by atoms with E-state index in [2.05, 4.69) is 53.6 Å². The number of pyridine rings is 1. The minimum Gasteiger partial charge on any atom is -0.378 e. The predicted octanol–water partition coefficient (Wildman–Crippen LogP) is -1.36. The molecule has 5 N–H and O–H groups in total. The van der Waals surface area contributed by atoms with Crippen molar-refractivity contribution in [1.29, 1.82) is 0 Å². The van der Waals surface area contributed by atoms with Gasteiger partial charge in [0, 0.05) is 102 Å². The molecular weight excluding hydrogens is 534 g/mol. The van der Waals surface area contributed by atoms with Gasteiger partial charge in [0.1, 0.15) is 6.04 Å². The summed E-state index contributed by atoms with van der Waals surface area (Å²) in [5.41, 5.74) is 6.33. The maximum Gasteiger partial charge on any atom is 0.127 e. The van der Waals surface area contributed by atoms with Crippen LogP contribution < -0.4 is 26.6 Å². The Morgan fingerprint density at radius 3 is 2.29 bits per heavy atom. The molecule has 5 fully saturated rings. The molecule has 0 bridgehead atoms. The van der Waals surface area contributed by atoms with E-state index in [0.29, 0.717) is 13.2 Å². The number of nitrogens with zero attached hydrogens (tertiary/aromatic N) is 4. The van der Waals surface area contributed by atoms with E-state index in [1.165, 1.54) is 22.5 Å². The first-order valence-corrected chi connectivity index (χ1v) is 15.9. The molecule has 4 atom stereocenters. The van der Waals surface area contributed by atoms with Crippen molar-refractivity contribution in [3.8, 4) is 0 Å². The van der Waals surface area contributed by atoms with Gasteiger partial charge in [-0.2, -0.15) is 0 Å². The summed E-state index contributed by atoms with van der Waals surface area (Å²) in [4.78, 5) is 7.63. The summed E-state index contributed by atoms with van der Waals surface area (Å²) in [6, 6.07) is 6.46. The Hall–Kier alpha value is -2.13. The van der Waals surface area contributed by atoms with E-state index < -0.39 is 0 Å². The van der Waals surface area contributed by atoms with E-state index in [4.69, 9.17) is 19.2 Å². The highest BCUT2D eigenvalue weighted by atomic mass is 16.5. The van der Waals surface area contributed by atoms with Gasteiger partial charge in [-0.1, -0.05) is 6.07 Å². The van der Waals surface area contributed by atoms with E-state index >= 15 is 0 Å². The van der Waals surface area contributed by atoms with Crippen molar-refractivity contribution in [2.45, 2.75) is 24.2 Å². The number of hydrazine groups is 1. The minimum atomic E-state index is -0.0832. The van der Waals surface area contributed by atoms with Gasteiger partial charge >= 0.3 is 0 Å². The molecule has 7 heterocycles. The van der Waals surface area contributed by atoms with E-state index in [1.807, 2.05) is 12.3 Å². The summed E-state index contributed by atoms with van der Waals surface area (Å²) in [6.07, 6.45) is 1.87. The van der Waals surface area contributed by atoms with Crippen molar-refractivity contribution in [3.05, 3.63) is 52.6 Å². The Balaban J connectivity index is 1.50. The summed E-state index contributed by atoms with van der Waals surface area (Å²) in [7, 11) is 0. The van der Waals surface area contributed by atoms with Crippen LogP contribution in [0.25, 0.3) is 0 Å². The lowest BCUT2D eigenvalue weighted by Crippen LogP contribution is -2.63. The number of hydrogen-bond acceptors (Lipinski definition) is 12. The molecule has 0 spiro atoms.